The number of methoxy groups -OCH3 is 1. The highest BCUT2D eigenvalue weighted by Gasteiger charge is 2.17. The van der Waals surface area contributed by atoms with Gasteiger partial charge < -0.3 is 14.6 Å². The lowest BCUT2D eigenvalue weighted by molar-refractivity contribution is -0.142. The van der Waals surface area contributed by atoms with Crippen LogP contribution in [0.2, 0.25) is 0 Å². The zero-order chi connectivity index (χ0) is 14.1. The molecule has 0 bridgehead atoms. The smallest absolute Gasteiger partial charge is 0.306 e. The summed E-state index contributed by atoms with van der Waals surface area (Å²) in [6.45, 7) is 1.47. The van der Waals surface area contributed by atoms with Crippen molar-refractivity contribution in [3.63, 3.8) is 0 Å². The maximum Gasteiger partial charge on any atom is 0.306 e. The standard InChI is InChI=1S/C14H19BrO4/c1-18-7-8-19-6-5-12(14(16)17)9-11-3-2-4-13(15)10-11/h2-4,10,12H,5-9H2,1H3,(H,16,17). The molecule has 0 aliphatic heterocycles. The van der Waals surface area contributed by atoms with Gasteiger partial charge in [-0.2, -0.15) is 0 Å². The summed E-state index contributed by atoms with van der Waals surface area (Å²) in [5.41, 5.74) is 1.01. The molecule has 1 aromatic rings. The van der Waals surface area contributed by atoms with Crippen molar-refractivity contribution in [3.8, 4) is 0 Å². The van der Waals surface area contributed by atoms with Crippen LogP contribution in [0.15, 0.2) is 28.7 Å². The topological polar surface area (TPSA) is 55.8 Å². The van der Waals surface area contributed by atoms with E-state index in [0.29, 0.717) is 32.7 Å². The molecule has 5 heteroatoms. The number of halogens is 1. The fraction of sp³-hybridized carbons (Fsp3) is 0.500. The Morgan fingerprint density at radius 1 is 1.37 bits per heavy atom. The van der Waals surface area contributed by atoms with Gasteiger partial charge in [-0.3, -0.25) is 4.79 Å². The Bertz CT molecular complexity index is 395. The predicted octanol–water partition coefficient (Wildman–Crippen LogP) is 2.75. The molecule has 0 aliphatic carbocycles. The Hall–Kier alpha value is -0.910. The van der Waals surface area contributed by atoms with Crippen LogP contribution in [0, 0.1) is 5.92 Å². The van der Waals surface area contributed by atoms with Crippen LogP contribution in [0.5, 0.6) is 0 Å². The molecule has 0 amide bonds. The first-order valence-electron chi connectivity index (χ1n) is 6.17. The molecule has 0 fully saturated rings. The van der Waals surface area contributed by atoms with E-state index in [9.17, 15) is 9.90 Å². The highest BCUT2D eigenvalue weighted by molar-refractivity contribution is 9.10. The molecule has 1 atom stereocenters. The summed E-state index contributed by atoms with van der Waals surface area (Å²) in [7, 11) is 1.61. The Labute approximate surface area is 121 Å². The maximum absolute atomic E-state index is 11.2. The van der Waals surface area contributed by atoms with Crippen LogP contribution in [0.25, 0.3) is 0 Å². The van der Waals surface area contributed by atoms with Crippen LogP contribution < -0.4 is 0 Å². The van der Waals surface area contributed by atoms with E-state index in [4.69, 9.17) is 9.47 Å². The molecule has 1 N–H and O–H groups in total. The molecule has 0 saturated carbocycles. The second kappa shape index (κ2) is 9.07. The van der Waals surface area contributed by atoms with Crippen LogP contribution >= 0.6 is 15.9 Å². The van der Waals surface area contributed by atoms with Gasteiger partial charge in [0.05, 0.1) is 19.1 Å². The number of benzene rings is 1. The summed E-state index contributed by atoms with van der Waals surface area (Å²) < 4.78 is 11.1. The molecule has 0 aliphatic rings. The van der Waals surface area contributed by atoms with Gasteiger partial charge >= 0.3 is 5.97 Å². The number of carboxylic acids is 1. The summed E-state index contributed by atoms with van der Waals surface area (Å²) >= 11 is 3.38. The molecular formula is C14H19BrO4. The first-order chi connectivity index (χ1) is 9.13. The number of ether oxygens (including phenoxy) is 2. The van der Waals surface area contributed by atoms with E-state index in [2.05, 4.69) is 15.9 Å². The number of aliphatic carboxylic acids is 1. The fourth-order valence-electron chi connectivity index (χ4n) is 1.73. The van der Waals surface area contributed by atoms with Crippen molar-refractivity contribution in [2.24, 2.45) is 5.92 Å². The minimum Gasteiger partial charge on any atom is -0.481 e. The van der Waals surface area contributed by atoms with Crippen molar-refractivity contribution < 1.29 is 19.4 Å². The van der Waals surface area contributed by atoms with E-state index in [0.717, 1.165) is 10.0 Å². The second-order valence-electron chi connectivity index (χ2n) is 4.26. The van der Waals surface area contributed by atoms with Crippen LogP contribution in [0.3, 0.4) is 0 Å². The van der Waals surface area contributed by atoms with Crippen molar-refractivity contribution >= 4 is 21.9 Å². The molecule has 0 radical (unpaired) electrons. The third-order valence-corrected chi connectivity index (χ3v) is 3.26. The third-order valence-electron chi connectivity index (χ3n) is 2.76. The third kappa shape index (κ3) is 6.71. The molecule has 0 aromatic heterocycles. The molecule has 4 nitrogen and oxygen atoms in total. The van der Waals surface area contributed by atoms with Crippen molar-refractivity contribution in [1.29, 1.82) is 0 Å². The zero-order valence-electron chi connectivity index (χ0n) is 11.0. The van der Waals surface area contributed by atoms with E-state index in [1.807, 2.05) is 24.3 Å². The average Bonchev–Trinajstić information content (AvgIpc) is 2.37. The highest BCUT2D eigenvalue weighted by Crippen LogP contribution is 2.17. The molecule has 1 rings (SSSR count). The largest absolute Gasteiger partial charge is 0.481 e. The number of rotatable bonds is 9. The van der Waals surface area contributed by atoms with Gasteiger partial charge in [0.1, 0.15) is 0 Å². The molecule has 106 valence electrons. The van der Waals surface area contributed by atoms with Gasteiger partial charge in [-0.05, 0) is 30.5 Å². The number of carboxylic acid groups (broad SMARTS) is 1. The summed E-state index contributed by atoms with van der Waals surface area (Å²) in [5, 5.41) is 9.21. The second-order valence-corrected chi connectivity index (χ2v) is 5.18. The van der Waals surface area contributed by atoms with E-state index >= 15 is 0 Å². The van der Waals surface area contributed by atoms with Crippen LogP contribution in [-0.4, -0.2) is 38.0 Å². The Balaban J connectivity index is 2.42. The lowest BCUT2D eigenvalue weighted by atomic mass is 9.97. The number of carbonyl (C=O) groups is 1. The first kappa shape index (κ1) is 16.1. The summed E-state index contributed by atoms with van der Waals surface area (Å²) in [5.74, 6) is -1.20. The lowest BCUT2D eigenvalue weighted by Crippen LogP contribution is -2.19. The number of hydrogen-bond acceptors (Lipinski definition) is 3. The minimum absolute atomic E-state index is 0.420. The van der Waals surface area contributed by atoms with Gasteiger partial charge in [0.25, 0.3) is 0 Å². The summed E-state index contributed by atoms with van der Waals surface area (Å²) in [6.07, 6.45) is 1.02. The lowest BCUT2D eigenvalue weighted by Gasteiger charge is -2.12. The SMILES string of the molecule is COCCOCCC(Cc1cccc(Br)c1)C(=O)O. The molecule has 0 spiro atoms. The van der Waals surface area contributed by atoms with Crippen molar-refractivity contribution in [3.05, 3.63) is 34.3 Å². The van der Waals surface area contributed by atoms with Gasteiger partial charge in [0.2, 0.25) is 0 Å². The zero-order valence-corrected chi connectivity index (χ0v) is 12.6. The molecule has 1 unspecified atom stereocenters. The maximum atomic E-state index is 11.2. The summed E-state index contributed by atoms with van der Waals surface area (Å²) in [4.78, 5) is 11.2. The fourth-order valence-corrected chi connectivity index (χ4v) is 2.18. The van der Waals surface area contributed by atoms with E-state index in [-0.39, 0.29) is 0 Å². The molecule has 19 heavy (non-hydrogen) atoms. The van der Waals surface area contributed by atoms with Crippen LogP contribution in [0.1, 0.15) is 12.0 Å². The Morgan fingerprint density at radius 3 is 2.79 bits per heavy atom. The number of hydrogen-bond donors (Lipinski definition) is 1. The predicted molar refractivity (Wildman–Crippen MR) is 76.3 cm³/mol. The van der Waals surface area contributed by atoms with Crippen LogP contribution in [-0.2, 0) is 20.7 Å². The van der Waals surface area contributed by atoms with Gasteiger partial charge in [0.15, 0.2) is 0 Å². The van der Waals surface area contributed by atoms with E-state index in [1.165, 1.54) is 0 Å². The van der Waals surface area contributed by atoms with E-state index < -0.39 is 11.9 Å². The Morgan fingerprint density at radius 2 is 2.16 bits per heavy atom. The quantitative estimate of drug-likeness (QED) is 0.707. The van der Waals surface area contributed by atoms with Gasteiger partial charge in [-0.15, -0.1) is 0 Å². The molecule has 1 aromatic carbocycles. The van der Waals surface area contributed by atoms with Crippen molar-refractivity contribution in [2.75, 3.05) is 26.9 Å². The normalized spacial score (nSPS) is 12.3. The van der Waals surface area contributed by atoms with Gasteiger partial charge in [-0.25, -0.2) is 0 Å². The summed E-state index contributed by atoms with van der Waals surface area (Å²) in [6, 6.07) is 7.72. The molecular weight excluding hydrogens is 312 g/mol. The minimum atomic E-state index is -0.782. The highest BCUT2D eigenvalue weighted by atomic mass is 79.9. The van der Waals surface area contributed by atoms with Crippen molar-refractivity contribution in [1.82, 2.24) is 0 Å². The van der Waals surface area contributed by atoms with Crippen molar-refractivity contribution in [2.45, 2.75) is 12.8 Å². The first-order valence-corrected chi connectivity index (χ1v) is 6.96. The van der Waals surface area contributed by atoms with Crippen LogP contribution in [0.4, 0.5) is 0 Å². The van der Waals surface area contributed by atoms with Gasteiger partial charge in [-0.1, -0.05) is 28.1 Å². The Kier molecular flexibility index (Phi) is 7.70. The molecule has 0 saturated heterocycles. The van der Waals surface area contributed by atoms with Gasteiger partial charge in [0, 0.05) is 18.2 Å². The monoisotopic (exact) mass is 330 g/mol. The average molecular weight is 331 g/mol. The van der Waals surface area contributed by atoms with E-state index in [1.54, 1.807) is 7.11 Å². The molecule has 0 heterocycles.